The molecular formula is C35H24Br2Cl2N2O3S. The summed E-state index contributed by atoms with van der Waals surface area (Å²) < 4.78 is 15.5. The van der Waals surface area contributed by atoms with Crippen LogP contribution in [-0.2, 0) is 13.0 Å². The van der Waals surface area contributed by atoms with Crippen molar-refractivity contribution in [3.63, 3.8) is 0 Å². The number of methoxy groups -OCH3 is 1. The Morgan fingerprint density at radius 3 is 2.49 bits per heavy atom. The highest BCUT2D eigenvalue weighted by atomic mass is 79.9. The van der Waals surface area contributed by atoms with E-state index in [1.165, 1.54) is 16.9 Å². The predicted molar refractivity (Wildman–Crippen MR) is 188 cm³/mol. The van der Waals surface area contributed by atoms with Crippen LogP contribution in [0.4, 0.5) is 0 Å². The van der Waals surface area contributed by atoms with Gasteiger partial charge in [-0.3, -0.25) is 9.36 Å². The van der Waals surface area contributed by atoms with Crippen molar-refractivity contribution in [1.29, 1.82) is 0 Å². The SMILES string of the molecule is COc1ccc([C@H]2C3=C(N=c4s/c(=C\c5cc(Br)c(OCc6ccc(Cl)cc6Cl)c(Br)c5)c(=O)n42)c2ccccc2CC3)cc1. The molecule has 1 aliphatic heterocycles. The minimum atomic E-state index is -0.258. The van der Waals surface area contributed by atoms with Gasteiger partial charge < -0.3 is 9.47 Å². The molecule has 1 aliphatic carbocycles. The van der Waals surface area contributed by atoms with Gasteiger partial charge in [-0.15, -0.1) is 0 Å². The van der Waals surface area contributed by atoms with Gasteiger partial charge in [0.1, 0.15) is 18.1 Å². The number of aryl methyl sites for hydroxylation is 1. The van der Waals surface area contributed by atoms with E-state index in [4.69, 9.17) is 37.7 Å². The molecular weight excluding hydrogens is 759 g/mol. The van der Waals surface area contributed by atoms with Crippen LogP contribution in [0.5, 0.6) is 11.5 Å². The van der Waals surface area contributed by atoms with Crippen LogP contribution in [0.2, 0.25) is 10.0 Å². The Kier molecular flexibility index (Phi) is 8.52. The Morgan fingerprint density at radius 1 is 1.00 bits per heavy atom. The number of aromatic nitrogens is 1. The Balaban J connectivity index is 1.30. The van der Waals surface area contributed by atoms with Crippen LogP contribution in [0.1, 0.15) is 40.3 Å². The van der Waals surface area contributed by atoms with Crippen LogP contribution in [-0.4, -0.2) is 11.7 Å². The molecule has 5 nitrogen and oxygen atoms in total. The summed E-state index contributed by atoms with van der Waals surface area (Å²) in [4.78, 5) is 20.0. The van der Waals surface area contributed by atoms with E-state index in [1.807, 2.05) is 53.1 Å². The van der Waals surface area contributed by atoms with Gasteiger partial charge in [-0.1, -0.05) is 77.0 Å². The number of benzene rings is 4. The lowest BCUT2D eigenvalue weighted by molar-refractivity contribution is 0.302. The molecule has 1 atom stereocenters. The van der Waals surface area contributed by atoms with Gasteiger partial charge in [-0.2, -0.15) is 0 Å². The van der Waals surface area contributed by atoms with E-state index in [-0.39, 0.29) is 18.2 Å². The average Bonchev–Trinajstić information content (AvgIpc) is 3.34. The maximum absolute atomic E-state index is 14.2. The zero-order chi connectivity index (χ0) is 31.2. The van der Waals surface area contributed by atoms with Gasteiger partial charge in [-0.25, -0.2) is 4.99 Å². The molecule has 10 heteroatoms. The lowest BCUT2D eigenvalue weighted by Crippen LogP contribution is -2.38. The largest absolute Gasteiger partial charge is 0.497 e. The van der Waals surface area contributed by atoms with E-state index in [2.05, 4.69) is 56.1 Å². The van der Waals surface area contributed by atoms with Gasteiger partial charge in [0.05, 0.1) is 32.3 Å². The fourth-order valence-corrected chi connectivity index (χ4v) is 8.76. The molecule has 2 heterocycles. The molecule has 0 unspecified atom stereocenters. The molecule has 4 aromatic carbocycles. The number of fused-ring (bicyclic) bond motifs is 3. The number of hydrogen-bond donors (Lipinski definition) is 0. The van der Waals surface area contributed by atoms with Gasteiger partial charge in [0.25, 0.3) is 5.56 Å². The quantitative estimate of drug-likeness (QED) is 0.173. The number of nitrogens with zero attached hydrogens (tertiary/aromatic N) is 2. The fraction of sp³-hybridized carbons (Fsp3) is 0.143. The maximum Gasteiger partial charge on any atom is 0.271 e. The van der Waals surface area contributed by atoms with E-state index < -0.39 is 0 Å². The molecule has 0 saturated heterocycles. The Morgan fingerprint density at radius 2 is 1.76 bits per heavy atom. The Bertz CT molecular complexity index is 2170. The van der Waals surface area contributed by atoms with Crippen LogP contribution < -0.4 is 24.4 Å². The number of allylic oxidation sites excluding steroid dienone is 1. The Hall–Kier alpha value is -3.14. The topological polar surface area (TPSA) is 52.8 Å². The molecule has 0 radical (unpaired) electrons. The van der Waals surface area contributed by atoms with Crippen molar-refractivity contribution >= 4 is 78.2 Å². The molecule has 226 valence electrons. The predicted octanol–water partition coefficient (Wildman–Crippen LogP) is 8.74. The molecule has 0 saturated carbocycles. The van der Waals surface area contributed by atoms with Gasteiger partial charge >= 0.3 is 0 Å². The first-order valence-electron chi connectivity index (χ1n) is 14.1. The van der Waals surface area contributed by atoms with Gasteiger partial charge in [0.2, 0.25) is 0 Å². The van der Waals surface area contributed by atoms with E-state index in [0.717, 1.165) is 61.1 Å². The summed E-state index contributed by atoms with van der Waals surface area (Å²) in [5.41, 5.74) is 7.16. The van der Waals surface area contributed by atoms with Crippen LogP contribution in [0.25, 0.3) is 11.8 Å². The molecule has 5 aromatic rings. The van der Waals surface area contributed by atoms with Crippen molar-refractivity contribution < 1.29 is 9.47 Å². The van der Waals surface area contributed by atoms with Crippen molar-refractivity contribution in [3.8, 4) is 11.5 Å². The van der Waals surface area contributed by atoms with Crippen molar-refractivity contribution in [2.45, 2.75) is 25.5 Å². The number of hydrogen-bond acceptors (Lipinski definition) is 5. The third kappa shape index (κ3) is 5.83. The first-order chi connectivity index (χ1) is 21.8. The highest BCUT2D eigenvalue weighted by Gasteiger charge is 2.32. The number of ether oxygens (including phenoxy) is 2. The normalized spacial score (nSPS) is 15.7. The Labute approximate surface area is 290 Å². The van der Waals surface area contributed by atoms with Gasteiger partial charge in [0.15, 0.2) is 4.80 Å². The molecule has 1 aromatic heterocycles. The maximum atomic E-state index is 14.2. The molecule has 0 bridgehead atoms. The second kappa shape index (κ2) is 12.6. The third-order valence-electron chi connectivity index (χ3n) is 8.01. The van der Waals surface area contributed by atoms with Crippen molar-refractivity contribution in [2.75, 3.05) is 7.11 Å². The number of rotatable bonds is 6. The minimum absolute atomic E-state index is 0.0741. The van der Waals surface area contributed by atoms with E-state index in [1.54, 1.807) is 19.2 Å². The van der Waals surface area contributed by atoms with Crippen molar-refractivity contribution in [3.05, 3.63) is 151 Å². The number of thiazole rings is 1. The third-order valence-corrected chi connectivity index (χ3v) is 10.8. The summed E-state index contributed by atoms with van der Waals surface area (Å²) >= 11 is 21.1. The minimum Gasteiger partial charge on any atom is -0.497 e. The average molecular weight is 783 g/mol. The summed E-state index contributed by atoms with van der Waals surface area (Å²) in [5, 5.41) is 1.11. The van der Waals surface area contributed by atoms with Gasteiger partial charge in [0, 0.05) is 21.2 Å². The molecule has 0 amide bonds. The molecule has 0 spiro atoms. The van der Waals surface area contributed by atoms with Crippen LogP contribution in [0.3, 0.4) is 0 Å². The van der Waals surface area contributed by atoms with E-state index in [0.29, 0.717) is 25.1 Å². The first kappa shape index (κ1) is 30.5. The monoisotopic (exact) mass is 780 g/mol. The summed E-state index contributed by atoms with van der Waals surface area (Å²) in [6, 6.07) is 25.3. The second-order valence-electron chi connectivity index (χ2n) is 10.7. The molecule has 7 rings (SSSR count). The van der Waals surface area contributed by atoms with Crippen LogP contribution in [0, 0.1) is 0 Å². The number of halogens is 4. The van der Waals surface area contributed by atoms with Crippen molar-refractivity contribution in [2.24, 2.45) is 4.99 Å². The summed E-state index contributed by atoms with van der Waals surface area (Å²) in [7, 11) is 1.65. The highest BCUT2D eigenvalue weighted by Crippen LogP contribution is 2.41. The first-order valence-corrected chi connectivity index (χ1v) is 17.3. The standard InChI is InChI=1S/C35H24Br2Cl2N2O3S/c1-43-24-11-7-21(8-12-24)32-26-13-9-20-4-2-3-5-25(20)31(26)40-35-41(32)34(42)30(45-35)16-19-14-27(36)33(28(37)15-19)44-18-22-6-10-23(38)17-29(22)39/h2-8,10-12,14-17,32H,9,13,18H2,1H3/b30-16-/t32-/m0/s1. The summed E-state index contributed by atoms with van der Waals surface area (Å²) in [6.07, 6.45) is 3.64. The molecule has 0 N–H and O–H groups in total. The van der Waals surface area contributed by atoms with Crippen LogP contribution >= 0.6 is 66.4 Å². The second-order valence-corrected chi connectivity index (χ2v) is 14.3. The lowest BCUT2D eigenvalue weighted by Gasteiger charge is -2.30. The van der Waals surface area contributed by atoms with E-state index in [9.17, 15) is 4.79 Å². The molecule has 2 aliphatic rings. The zero-order valence-corrected chi connectivity index (χ0v) is 29.3. The van der Waals surface area contributed by atoms with E-state index >= 15 is 0 Å². The van der Waals surface area contributed by atoms with Crippen molar-refractivity contribution in [1.82, 2.24) is 4.57 Å². The molecule has 45 heavy (non-hydrogen) atoms. The molecule has 0 fully saturated rings. The van der Waals surface area contributed by atoms with Crippen LogP contribution in [0.15, 0.2) is 103 Å². The summed E-state index contributed by atoms with van der Waals surface area (Å²) in [5.74, 6) is 1.40. The highest BCUT2D eigenvalue weighted by molar-refractivity contribution is 9.11. The van der Waals surface area contributed by atoms with Gasteiger partial charge in [-0.05, 0) is 109 Å². The lowest BCUT2D eigenvalue weighted by atomic mass is 9.83. The zero-order valence-electron chi connectivity index (χ0n) is 23.8. The smallest absolute Gasteiger partial charge is 0.271 e. The fourth-order valence-electron chi connectivity index (χ4n) is 5.85. The summed E-state index contributed by atoms with van der Waals surface area (Å²) in [6.45, 7) is 0.268.